The first-order valence-corrected chi connectivity index (χ1v) is 13.9. The molecular weight excluding hydrogens is 452 g/mol. The van der Waals surface area contributed by atoms with Crippen LogP contribution in [0.2, 0.25) is 0 Å². The van der Waals surface area contributed by atoms with Crippen molar-refractivity contribution in [3.8, 4) is 5.75 Å². The molecule has 0 radical (unpaired) electrons. The normalized spacial score (nSPS) is 41.6. The second-order valence-electron chi connectivity index (χ2n) is 12.6. The molecule has 1 amide bonds. The molecule has 6 heteroatoms. The predicted octanol–water partition coefficient (Wildman–Crippen LogP) is 6.13. The zero-order valence-electron chi connectivity index (χ0n) is 21.8. The van der Waals surface area contributed by atoms with Crippen LogP contribution in [-0.4, -0.2) is 33.1 Å². The van der Waals surface area contributed by atoms with Crippen molar-refractivity contribution in [1.82, 2.24) is 5.01 Å². The van der Waals surface area contributed by atoms with Gasteiger partial charge in [0.15, 0.2) is 5.75 Å². The van der Waals surface area contributed by atoms with Crippen molar-refractivity contribution in [2.24, 2.45) is 39.6 Å². The van der Waals surface area contributed by atoms with Gasteiger partial charge in [0.25, 0.3) is 0 Å². The van der Waals surface area contributed by atoms with Gasteiger partial charge in [-0.3, -0.25) is 4.79 Å². The van der Waals surface area contributed by atoms with Crippen molar-refractivity contribution in [3.63, 3.8) is 0 Å². The van der Waals surface area contributed by atoms with Gasteiger partial charge in [-0.2, -0.15) is 5.10 Å². The second kappa shape index (κ2) is 8.70. The molecule has 6 nitrogen and oxygen atoms in total. The number of hydrogen-bond donors (Lipinski definition) is 2. The first-order valence-electron chi connectivity index (χ1n) is 13.9. The Morgan fingerprint density at radius 2 is 1.83 bits per heavy atom. The van der Waals surface area contributed by atoms with Crippen LogP contribution in [0.5, 0.6) is 5.75 Å². The van der Waals surface area contributed by atoms with Gasteiger partial charge in [0.05, 0.1) is 12.1 Å². The molecule has 1 aliphatic heterocycles. The molecule has 1 aromatic carbocycles. The number of amides is 1. The molecule has 2 N–H and O–H groups in total. The highest BCUT2D eigenvalue weighted by Crippen LogP contribution is 2.67. The maximum Gasteiger partial charge on any atom is 0.240 e. The molecule has 3 fully saturated rings. The Hall–Kier alpha value is -2.18. The van der Waals surface area contributed by atoms with Gasteiger partial charge >= 0.3 is 0 Å². The van der Waals surface area contributed by atoms with Crippen LogP contribution in [0, 0.1) is 34.5 Å². The molecule has 0 unspecified atom stereocenters. The topological polar surface area (TPSA) is 82.4 Å². The van der Waals surface area contributed by atoms with E-state index in [1.165, 1.54) is 37.0 Å². The van der Waals surface area contributed by atoms with Crippen LogP contribution < -0.4 is 4.89 Å². The van der Waals surface area contributed by atoms with Crippen molar-refractivity contribution in [2.75, 3.05) is 0 Å². The lowest BCUT2D eigenvalue weighted by Gasteiger charge is -2.58. The SMILES string of the molecule is CC(=O)N1N=C([C@H]2CC[C@H]3[C@@H]4CCC5=C[C@@H](O)CC[C@]5(C)[C@H]4CC[C@]23C)C[C@@H]1c1ccc(OO)cc1. The van der Waals surface area contributed by atoms with E-state index in [4.69, 9.17) is 10.4 Å². The van der Waals surface area contributed by atoms with Gasteiger partial charge in [-0.1, -0.05) is 37.6 Å². The first kappa shape index (κ1) is 24.2. The fraction of sp³-hybridized carbons (Fsp3) is 0.667. The molecular formula is C30H40N2O4. The molecule has 194 valence electrons. The van der Waals surface area contributed by atoms with Crippen molar-refractivity contribution < 1.29 is 20.0 Å². The fourth-order valence-corrected chi connectivity index (χ4v) is 9.30. The number of hydrazone groups is 1. The largest absolute Gasteiger partial charge is 0.389 e. The van der Waals surface area contributed by atoms with Gasteiger partial charge in [0.2, 0.25) is 5.91 Å². The lowest BCUT2D eigenvalue weighted by atomic mass is 9.46. The van der Waals surface area contributed by atoms with E-state index in [0.717, 1.165) is 49.5 Å². The van der Waals surface area contributed by atoms with E-state index in [9.17, 15) is 9.90 Å². The lowest BCUT2D eigenvalue weighted by Crippen LogP contribution is -2.51. The third-order valence-corrected chi connectivity index (χ3v) is 11.1. The summed E-state index contributed by atoms with van der Waals surface area (Å²) >= 11 is 0. The smallest absolute Gasteiger partial charge is 0.240 e. The van der Waals surface area contributed by atoms with E-state index in [0.29, 0.717) is 17.6 Å². The van der Waals surface area contributed by atoms with E-state index in [1.54, 1.807) is 24.1 Å². The number of allylic oxidation sites excluding steroid dienone is 1. The Labute approximate surface area is 214 Å². The Morgan fingerprint density at radius 1 is 1.06 bits per heavy atom. The number of carbonyl (C=O) groups excluding carboxylic acids is 1. The number of carbonyl (C=O) groups is 1. The molecule has 0 aromatic heterocycles. The van der Waals surface area contributed by atoms with Crippen LogP contribution >= 0.6 is 0 Å². The number of hydrogen-bond acceptors (Lipinski definition) is 5. The number of nitrogens with zero attached hydrogens (tertiary/aromatic N) is 2. The highest BCUT2D eigenvalue weighted by atomic mass is 17.1. The van der Waals surface area contributed by atoms with Crippen LogP contribution in [0.4, 0.5) is 0 Å². The van der Waals surface area contributed by atoms with Gasteiger partial charge in [0, 0.05) is 25.0 Å². The van der Waals surface area contributed by atoms with E-state index in [-0.39, 0.29) is 28.9 Å². The number of fused-ring (bicyclic) bond motifs is 5. The molecule has 3 saturated carbocycles. The molecule has 0 saturated heterocycles. The van der Waals surface area contributed by atoms with Crippen LogP contribution in [0.1, 0.15) is 90.2 Å². The maximum absolute atomic E-state index is 12.6. The second-order valence-corrected chi connectivity index (χ2v) is 12.6. The summed E-state index contributed by atoms with van der Waals surface area (Å²) < 4.78 is 0. The van der Waals surface area contributed by atoms with Crippen molar-refractivity contribution in [2.45, 2.75) is 90.7 Å². The van der Waals surface area contributed by atoms with E-state index in [1.807, 2.05) is 12.1 Å². The van der Waals surface area contributed by atoms with Crippen LogP contribution in [0.3, 0.4) is 0 Å². The Morgan fingerprint density at radius 3 is 2.56 bits per heavy atom. The van der Waals surface area contributed by atoms with Crippen LogP contribution in [0.15, 0.2) is 41.0 Å². The van der Waals surface area contributed by atoms with E-state index in [2.05, 4.69) is 24.8 Å². The van der Waals surface area contributed by atoms with Gasteiger partial charge < -0.3 is 9.99 Å². The van der Waals surface area contributed by atoms with Gasteiger partial charge in [0.1, 0.15) is 0 Å². The molecule has 0 spiro atoms. The molecule has 4 aliphatic carbocycles. The van der Waals surface area contributed by atoms with Crippen molar-refractivity contribution in [1.29, 1.82) is 0 Å². The third-order valence-electron chi connectivity index (χ3n) is 11.1. The first-order chi connectivity index (χ1) is 17.2. The summed E-state index contributed by atoms with van der Waals surface area (Å²) in [7, 11) is 0. The van der Waals surface area contributed by atoms with E-state index >= 15 is 0 Å². The minimum Gasteiger partial charge on any atom is -0.389 e. The molecule has 8 atom stereocenters. The number of aliphatic hydroxyl groups is 1. The zero-order valence-corrected chi connectivity index (χ0v) is 21.8. The van der Waals surface area contributed by atoms with Crippen molar-refractivity contribution >= 4 is 11.6 Å². The lowest BCUT2D eigenvalue weighted by molar-refractivity contribution is -0.137. The number of rotatable bonds is 3. The highest BCUT2D eigenvalue weighted by Gasteiger charge is 2.60. The van der Waals surface area contributed by atoms with Crippen LogP contribution in [-0.2, 0) is 4.79 Å². The summed E-state index contributed by atoms with van der Waals surface area (Å²) in [6.07, 6.45) is 12.0. The summed E-state index contributed by atoms with van der Waals surface area (Å²) in [6.45, 7) is 6.61. The summed E-state index contributed by atoms with van der Waals surface area (Å²) in [5.41, 5.74) is 4.24. The van der Waals surface area contributed by atoms with E-state index < -0.39 is 0 Å². The maximum atomic E-state index is 12.6. The Bertz CT molecular complexity index is 1100. The summed E-state index contributed by atoms with van der Waals surface area (Å²) in [6, 6.07) is 7.21. The number of benzene rings is 1. The highest BCUT2D eigenvalue weighted by molar-refractivity contribution is 5.92. The molecule has 1 aromatic rings. The summed E-state index contributed by atoms with van der Waals surface area (Å²) in [5, 5.41) is 25.9. The zero-order chi connectivity index (χ0) is 25.2. The Kier molecular flexibility index (Phi) is 5.84. The minimum atomic E-state index is -0.251. The monoisotopic (exact) mass is 492 g/mol. The van der Waals surface area contributed by atoms with Gasteiger partial charge in [-0.05, 0) is 97.6 Å². The third kappa shape index (κ3) is 3.59. The predicted molar refractivity (Wildman–Crippen MR) is 138 cm³/mol. The van der Waals surface area contributed by atoms with Crippen molar-refractivity contribution in [3.05, 3.63) is 41.5 Å². The minimum absolute atomic E-state index is 0.0279. The average Bonchev–Trinajstić information content (AvgIpc) is 3.46. The molecule has 1 heterocycles. The molecule has 5 aliphatic rings. The molecule has 6 rings (SSSR count). The summed E-state index contributed by atoms with van der Waals surface area (Å²) in [4.78, 5) is 16.9. The van der Waals surface area contributed by atoms with Crippen LogP contribution in [0.25, 0.3) is 0 Å². The number of aliphatic hydroxyl groups excluding tert-OH is 1. The average molecular weight is 493 g/mol. The Balaban J connectivity index is 1.25. The standard InChI is InChI=1S/C30H40N2O4/c1-18(33)32-28(19-4-7-22(36-35)8-5-19)17-27(31-32)26-11-10-24-23-9-6-20-16-21(34)12-14-29(20,2)25(23)13-15-30(24,26)3/h4-5,7-8,16,21,23-26,28,34-35H,6,9-15,17H2,1-3H3/t21-,23-,24-,25-,26+,28+,29-,30-/m0/s1. The molecule has 0 bridgehead atoms. The summed E-state index contributed by atoms with van der Waals surface area (Å²) in [5.74, 6) is 2.97. The van der Waals surface area contributed by atoms with Gasteiger partial charge in [-0.15, -0.1) is 0 Å². The molecule has 36 heavy (non-hydrogen) atoms. The quantitative estimate of drug-likeness (QED) is 0.302. The van der Waals surface area contributed by atoms with Gasteiger partial charge in [-0.25, -0.2) is 10.3 Å². The fourth-order valence-electron chi connectivity index (χ4n) is 9.30.